The van der Waals surface area contributed by atoms with Crippen molar-refractivity contribution in [3.63, 3.8) is 0 Å². The number of pyridine rings is 1. The molecule has 2 aromatic rings. The zero-order valence-electron chi connectivity index (χ0n) is 12.9. The number of hydrogen-bond donors (Lipinski definition) is 3. The third kappa shape index (κ3) is 5.31. The number of aromatic nitrogens is 1. The molecule has 0 aliphatic rings. The van der Waals surface area contributed by atoms with E-state index in [1.165, 1.54) is 0 Å². The zero-order valence-corrected chi connectivity index (χ0v) is 12.9. The summed E-state index contributed by atoms with van der Waals surface area (Å²) in [6.07, 6.45) is 1.65. The van der Waals surface area contributed by atoms with E-state index in [0.29, 0.717) is 11.9 Å². The maximum absolute atomic E-state index is 13.4. The van der Waals surface area contributed by atoms with Gasteiger partial charge in [-0.15, -0.1) is 0 Å². The van der Waals surface area contributed by atoms with E-state index < -0.39 is 17.7 Å². The number of amides is 3. The molecule has 0 radical (unpaired) electrons. The summed E-state index contributed by atoms with van der Waals surface area (Å²) in [5.41, 5.74) is 0.821. The lowest BCUT2D eigenvalue weighted by Crippen LogP contribution is -2.31. The number of nitrogens with one attached hydrogen (secondary N) is 3. The van der Waals surface area contributed by atoms with Gasteiger partial charge in [0.25, 0.3) is 0 Å². The van der Waals surface area contributed by atoms with E-state index >= 15 is 0 Å². The van der Waals surface area contributed by atoms with Crippen molar-refractivity contribution in [3.05, 3.63) is 53.7 Å². The van der Waals surface area contributed by atoms with E-state index in [1.54, 1.807) is 12.3 Å². The summed E-state index contributed by atoms with van der Waals surface area (Å²) in [4.78, 5) is 27.3. The number of aryl methyl sites for hydroxylation is 1. The average molecular weight is 334 g/mol. The molecule has 0 aliphatic carbocycles. The van der Waals surface area contributed by atoms with Crippen LogP contribution in [0.2, 0.25) is 0 Å². The third-order valence-electron chi connectivity index (χ3n) is 3.00. The molecule has 0 atom stereocenters. The molecule has 1 heterocycles. The monoisotopic (exact) mass is 334 g/mol. The van der Waals surface area contributed by atoms with Crippen LogP contribution in [0.1, 0.15) is 12.0 Å². The Bertz CT molecular complexity index is 735. The lowest BCUT2D eigenvalue weighted by molar-refractivity contribution is -0.116. The van der Waals surface area contributed by atoms with Crippen LogP contribution in [-0.2, 0) is 4.79 Å². The van der Waals surface area contributed by atoms with E-state index in [4.69, 9.17) is 0 Å². The van der Waals surface area contributed by atoms with Gasteiger partial charge in [-0.05, 0) is 30.7 Å². The number of benzene rings is 1. The number of hydrogen-bond acceptors (Lipinski definition) is 3. The molecular weight excluding hydrogens is 318 g/mol. The van der Waals surface area contributed by atoms with Crippen molar-refractivity contribution >= 4 is 23.4 Å². The number of carbonyl (C=O) groups is 2. The van der Waals surface area contributed by atoms with Gasteiger partial charge in [0, 0.05) is 25.2 Å². The minimum atomic E-state index is -0.881. The second-order valence-electron chi connectivity index (χ2n) is 5.02. The average Bonchev–Trinajstić information content (AvgIpc) is 2.52. The van der Waals surface area contributed by atoms with Gasteiger partial charge in [0.15, 0.2) is 0 Å². The van der Waals surface area contributed by atoms with Gasteiger partial charge in [-0.3, -0.25) is 4.79 Å². The number of nitrogens with zero attached hydrogens (tertiary/aromatic N) is 1. The van der Waals surface area contributed by atoms with Crippen molar-refractivity contribution in [3.8, 4) is 0 Å². The van der Waals surface area contributed by atoms with E-state index in [9.17, 15) is 18.4 Å². The summed E-state index contributed by atoms with van der Waals surface area (Å²) in [7, 11) is 0. The molecule has 0 spiro atoms. The highest BCUT2D eigenvalue weighted by Crippen LogP contribution is 2.14. The quantitative estimate of drug-likeness (QED) is 0.786. The Balaban J connectivity index is 1.73. The Morgan fingerprint density at radius 3 is 2.58 bits per heavy atom. The standard InChI is InChI=1S/C16H16F2N4O2/c1-10-2-5-14(20-9-10)22-15(23)6-7-19-16(24)21-13-4-3-11(17)8-12(13)18/h2-5,8-9H,6-7H2,1H3,(H2,19,21,24)(H,20,22,23). The second-order valence-corrected chi connectivity index (χ2v) is 5.02. The van der Waals surface area contributed by atoms with Crippen molar-refractivity contribution in [1.82, 2.24) is 10.3 Å². The minimum absolute atomic E-state index is 0.0227. The largest absolute Gasteiger partial charge is 0.337 e. The van der Waals surface area contributed by atoms with E-state index in [0.717, 1.165) is 17.7 Å². The maximum Gasteiger partial charge on any atom is 0.319 e. The van der Waals surface area contributed by atoms with Gasteiger partial charge in [0.05, 0.1) is 5.69 Å². The van der Waals surface area contributed by atoms with Crippen LogP contribution in [-0.4, -0.2) is 23.5 Å². The molecule has 24 heavy (non-hydrogen) atoms. The van der Waals surface area contributed by atoms with Crippen molar-refractivity contribution in [2.24, 2.45) is 0 Å². The Morgan fingerprint density at radius 1 is 1.12 bits per heavy atom. The molecule has 126 valence electrons. The molecule has 0 aliphatic heterocycles. The Labute approximate surface area is 137 Å². The number of urea groups is 1. The number of halogens is 2. The predicted octanol–water partition coefficient (Wildman–Crippen LogP) is 2.82. The molecule has 3 amide bonds. The molecule has 2 rings (SSSR count). The van der Waals surface area contributed by atoms with Crippen LogP contribution in [0.25, 0.3) is 0 Å². The first-order valence-electron chi connectivity index (χ1n) is 7.16. The topological polar surface area (TPSA) is 83.1 Å². The van der Waals surface area contributed by atoms with Crippen LogP contribution in [0.3, 0.4) is 0 Å². The van der Waals surface area contributed by atoms with E-state index in [1.807, 2.05) is 13.0 Å². The first kappa shape index (κ1) is 17.3. The molecule has 3 N–H and O–H groups in total. The SMILES string of the molecule is Cc1ccc(NC(=O)CCNC(=O)Nc2ccc(F)cc2F)nc1. The highest BCUT2D eigenvalue weighted by Gasteiger charge is 2.08. The smallest absolute Gasteiger partial charge is 0.319 e. The highest BCUT2D eigenvalue weighted by molar-refractivity contribution is 5.91. The van der Waals surface area contributed by atoms with Gasteiger partial charge >= 0.3 is 6.03 Å². The second kappa shape index (κ2) is 8.00. The number of rotatable bonds is 5. The number of carbonyl (C=O) groups excluding carboxylic acids is 2. The Morgan fingerprint density at radius 2 is 1.92 bits per heavy atom. The van der Waals surface area contributed by atoms with Gasteiger partial charge in [-0.25, -0.2) is 18.6 Å². The Hall–Kier alpha value is -3.03. The number of anilines is 2. The van der Waals surface area contributed by atoms with E-state index in [2.05, 4.69) is 20.9 Å². The molecule has 0 fully saturated rings. The van der Waals surface area contributed by atoms with Crippen molar-refractivity contribution < 1.29 is 18.4 Å². The Kier molecular flexibility index (Phi) is 5.78. The molecule has 0 bridgehead atoms. The summed E-state index contributed by atoms with van der Waals surface area (Å²) in [6, 6.07) is 5.59. The summed E-state index contributed by atoms with van der Waals surface area (Å²) in [5.74, 6) is -1.52. The van der Waals surface area contributed by atoms with Crippen LogP contribution >= 0.6 is 0 Å². The van der Waals surface area contributed by atoms with Gasteiger partial charge in [0.2, 0.25) is 5.91 Å². The van der Waals surface area contributed by atoms with Gasteiger partial charge in [0.1, 0.15) is 17.5 Å². The molecule has 1 aromatic carbocycles. The van der Waals surface area contributed by atoms with Crippen LogP contribution in [0.5, 0.6) is 0 Å². The van der Waals surface area contributed by atoms with Crippen LogP contribution < -0.4 is 16.0 Å². The summed E-state index contributed by atoms with van der Waals surface area (Å²) in [6.45, 7) is 1.93. The van der Waals surface area contributed by atoms with Crippen molar-refractivity contribution in [2.45, 2.75) is 13.3 Å². The first-order valence-corrected chi connectivity index (χ1v) is 7.16. The van der Waals surface area contributed by atoms with E-state index in [-0.39, 0.29) is 24.6 Å². The summed E-state index contributed by atoms with van der Waals surface area (Å²) in [5, 5.41) is 7.22. The van der Waals surface area contributed by atoms with Crippen LogP contribution in [0.15, 0.2) is 36.5 Å². The zero-order chi connectivity index (χ0) is 17.5. The molecule has 0 saturated heterocycles. The minimum Gasteiger partial charge on any atom is -0.337 e. The van der Waals surface area contributed by atoms with Crippen molar-refractivity contribution in [2.75, 3.05) is 17.2 Å². The summed E-state index contributed by atoms with van der Waals surface area (Å²) < 4.78 is 26.1. The third-order valence-corrected chi connectivity index (χ3v) is 3.00. The van der Waals surface area contributed by atoms with Gasteiger partial charge < -0.3 is 16.0 Å². The van der Waals surface area contributed by atoms with Crippen LogP contribution in [0, 0.1) is 18.6 Å². The van der Waals surface area contributed by atoms with Crippen molar-refractivity contribution in [1.29, 1.82) is 0 Å². The molecule has 1 aromatic heterocycles. The summed E-state index contributed by atoms with van der Waals surface area (Å²) >= 11 is 0. The molecule has 0 unspecified atom stereocenters. The fraction of sp³-hybridized carbons (Fsp3) is 0.188. The van der Waals surface area contributed by atoms with Gasteiger partial charge in [-0.1, -0.05) is 6.07 Å². The maximum atomic E-state index is 13.4. The lowest BCUT2D eigenvalue weighted by atomic mass is 10.3. The fourth-order valence-electron chi connectivity index (χ4n) is 1.79. The molecule has 8 heteroatoms. The first-order chi connectivity index (χ1) is 11.4. The molecule has 0 saturated carbocycles. The lowest BCUT2D eigenvalue weighted by Gasteiger charge is -2.09. The normalized spacial score (nSPS) is 10.1. The van der Waals surface area contributed by atoms with Crippen LogP contribution in [0.4, 0.5) is 25.1 Å². The van der Waals surface area contributed by atoms with Gasteiger partial charge in [-0.2, -0.15) is 0 Å². The highest BCUT2D eigenvalue weighted by atomic mass is 19.1. The predicted molar refractivity (Wildman–Crippen MR) is 85.6 cm³/mol. The molecular formula is C16H16F2N4O2. The molecule has 6 nitrogen and oxygen atoms in total. The fourth-order valence-corrected chi connectivity index (χ4v) is 1.79.